The molecule has 6 nitrogen and oxygen atoms in total. The molecular weight excluding hydrogens is 376 g/mol. The normalized spacial score (nSPS) is 14.6. The van der Waals surface area contributed by atoms with Crippen LogP contribution in [0.25, 0.3) is 0 Å². The third-order valence-electron chi connectivity index (χ3n) is 3.95. The van der Waals surface area contributed by atoms with E-state index in [2.05, 4.69) is 15.9 Å². The number of carbonyl (C=O) groups is 2. The van der Waals surface area contributed by atoms with Crippen LogP contribution in [0.5, 0.6) is 5.75 Å². The van der Waals surface area contributed by atoms with E-state index in [9.17, 15) is 9.59 Å². The predicted molar refractivity (Wildman–Crippen MR) is 91.2 cm³/mol. The molecule has 0 unspecified atom stereocenters. The molecule has 0 spiro atoms. The molecule has 7 heteroatoms. The van der Waals surface area contributed by atoms with E-state index in [1.54, 1.807) is 53.3 Å². The molecule has 0 N–H and O–H groups in total. The number of benzene rings is 1. The molecule has 1 fully saturated rings. The highest BCUT2D eigenvalue weighted by molar-refractivity contribution is 9.10. The van der Waals surface area contributed by atoms with Crippen LogP contribution in [0.4, 0.5) is 0 Å². The zero-order valence-electron chi connectivity index (χ0n) is 13.2. The van der Waals surface area contributed by atoms with Crippen LogP contribution in [0, 0.1) is 0 Å². The molecule has 1 aliphatic rings. The summed E-state index contributed by atoms with van der Waals surface area (Å²) < 4.78 is 11.0. The van der Waals surface area contributed by atoms with Gasteiger partial charge >= 0.3 is 0 Å². The van der Waals surface area contributed by atoms with Crippen molar-refractivity contribution in [2.45, 2.75) is 0 Å². The number of ether oxygens (including phenoxy) is 1. The van der Waals surface area contributed by atoms with Gasteiger partial charge in [0.1, 0.15) is 5.75 Å². The van der Waals surface area contributed by atoms with Crippen molar-refractivity contribution >= 4 is 27.7 Å². The van der Waals surface area contributed by atoms with Crippen LogP contribution in [-0.2, 0) is 0 Å². The summed E-state index contributed by atoms with van der Waals surface area (Å²) in [6.07, 6.45) is 0. The summed E-state index contributed by atoms with van der Waals surface area (Å²) in [6.45, 7) is 1.94. The second-order valence-electron chi connectivity index (χ2n) is 5.42. The van der Waals surface area contributed by atoms with E-state index in [0.717, 1.165) is 0 Å². The van der Waals surface area contributed by atoms with Crippen molar-refractivity contribution < 1.29 is 18.7 Å². The number of rotatable bonds is 3. The fraction of sp³-hybridized carbons (Fsp3) is 0.294. The first kappa shape index (κ1) is 16.6. The number of hydrogen-bond donors (Lipinski definition) is 0. The number of methoxy groups -OCH3 is 1. The summed E-state index contributed by atoms with van der Waals surface area (Å²) in [5.41, 5.74) is 0.587. The van der Waals surface area contributed by atoms with Gasteiger partial charge < -0.3 is 19.0 Å². The summed E-state index contributed by atoms with van der Waals surface area (Å²) in [6, 6.07) is 10.4. The van der Waals surface area contributed by atoms with Crippen LogP contribution in [0.15, 0.2) is 45.5 Å². The van der Waals surface area contributed by atoms with Crippen LogP contribution in [0.2, 0.25) is 0 Å². The summed E-state index contributed by atoms with van der Waals surface area (Å²) >= 11 is 3.19. The molecule has 2 heterocycles. The second kappa shape index (κ2) is 7.09. The van der Waals surface area contributed by atoms with Crippen LogP contribution in [0.3, 0.4) is 0 Å². The molecule has 0 atom stereocenters. The van der Waals surface area contributed by atoms with E-state index < -0.39 is 0 Å². The molecule has 0 aliphatic carbocycles. The molecule has 0 bridgehead atoms. The van der Waals surface area contributed by atoms with Crippen molar-refractivity contribution in [2.24, 2.45) is 0 Å². The maximum Gasteiger partial charge on any atom is 0.289 e. The van der Waals surface area contributed by atoms with Gasteiger partial charge in [0, 0.05) is 31.7 Å². The van der Waals surface area contributed by atoms with Gasteiger partial charge in [0.15, 0.2) is 10.4 Å². The van der Waals surface area contributed by atoms with Crippen molar-refractivity contribution in [1.29, 1.82) is 0 Å². The lowest BCUT2D eigenvalue weighted by atomic mass is 10.1. The van der Waals surface area contributed by atoms with Crippen molar-refractivity contribution in [3.8, 4) is 5.75 Å². The van der Waals surface area contributed by atoms with Crippen LogP contribution < -0.4 is 4.74 Å². The largest absolute Gasteiger partial charge is 0.497 e. The van der Waals surface area contributed by atoms with Gasteiger partial charge in [0.25, 0.3) is 11.8 Å². The Labute approximate surface area is 148 Å². The van der Waals surface area contributed by atoms with E-state index in [4.69, 9.17) is 9.15 Å². The van der Waals surface area contributed by atoms with Gasteiger partial charge in [0.2, 0.25) is 0 Å². The van der Waals surface area contributed by atoms with Crippen molar-refractivity contribution in [3.05, 3.63) is 52.4 Å². The number of halogens is 1. The minimum atomic E-state index is -0.158. The molecule has 3 rings (SSSR count). The topological polar surface area (TPSA) is 63.0 Å². The third kappa shape index (κ3) is 3.46. The van der Waals surface area contributed by atoms with Gasteiger partial charge in [-0.05, 0) is 46.3 Å². The molecule has 1 saturated heterocycles. The van der Waals surface area contributed by atoms with Gasteiger partial charge in [-0.1, -0.05) is 6.07 Å². The summed E-state index contributed by atoms with van der Waals surface area (Å²) in [7, 11) is 1.57. The maximum absolute atomic E-state index is 12.6. The molecule has 1 aromatic carbocycles. The monoisotopic (exact) mass is 392 g/mol. The third-order valence-corrected chi connectivity index (χ3v) is 4.38. The molecule has 24 heavy (non-hydrogen) atoms. The first-order valence-corrected chi connectivity index (χ1v) is 8.36. The average Bonchev–Trinajstić information content (AvgIpc) is 3.07. The van der Waals surface area contributed by atoms with E-state index in [1.807, 2.05) is 0 Å². The average molecular weight is 393 g/mol. The van der Waals surface area contributed by atoms with E-state index in [1.165, 1.54) is 0 Å². The smallest absolute Gasteiger partial charge is 0.289 e. The van der Waals surface area contributed by atoms with Gasteiger partial charge in [-0.25, -0.2) is 0 Å². The lowest BCUT2D eigenvalue weighted by Gasteiger charge is -2.34. The summed E-state index contributed by atoms with van der Waals surface area (Å²) in [4.78, 5) is 28.3. The van der Waals surface area contributed by atoms with Crippen molar-refractivity contribution in [3.63, 3.8) is 0 Å². The molecule has 1 aromatic heterocycles. The van der Waals surface area contributed by atoms with Crippen LogP contribution in [0.1, 0.15) is 20.9 Å². The van der Waals surface area contributed by atoms with Crippen molar-refractivity contribution in [1.82, 2.24) is 9.80 Å². The van der Waals surface area contributed by atoms with Gasteiger partial charge in [-0.15, -0.1) is 0 Å². The number of piperazine rings is 1. The first-order chi connectivity index (χ1) is 11.6. The molecule has 0 radical (unpaired) electrons. The molecule has 126 valence electrons. The Bertz CT molecular complexity index is 751. The van der Waals surface area contributed by atoms with Crippen LogP contribution in [-0.4, -0.2) is 54.9 Å². The fourth-order valence-electron chi connectivity index (χ4n) is 2.64. The maximum atomic E-state index is 12.6. The predicted octanol–water partition coefficient (Wildman–Crippen LogP) is 2.65. The zero-order chi connectivity index (χ0) is 17.1. The van der Waals surface area contributed by atoms with E-state index in [-0.39, 0.29) is 11.8 Å². The number of hydrogen-bond acceptors (Lipinski definition) is 4. The standard InChI is InChI=1S/C17H17BrN2O4/c1-23-13-4-2-3-12(11-13)16(21)19-7-9-20(10-8-19)17(22)14-5-6-15(18)24-14/h2-6,11H,7-10H2,1H3. The molecular formula is C17H17BrN2O4. The molecule has 0 saturated carbocycles. The number of nitrogens with zero attached hydrogens (tertiary/aromatic N) is 2. The van der Waals surface area contributed by atoms with Gasteiger partial charge in [-0.2, -0.15) is 0 Å². The molecule has 1 aliphatic heterocycles. The molecule has 2 aromatic rings. The van der Waals surface area contributed by atoms with E-state index >= 15 is 0 Å². The summed E-state index contributed by atoms with van der Waals surface area (Å²) in [5, 5.41) is 0. The Morgan fingerprint density at radius 3 is 2.29 bits per heavy atom. The second-order valence-corrected chi connectivity index (χ2v) is 6.20. The van der Waals surface area contributed by atoms with Gasteiger partial charge in [0.05, 0.1) is 7.11 Å². The Morgan fingerprint density at radius 1 is 1.04 bits per heavy atom. The SMILES string of the molecule is COc1cccc(C(=O)N2CCN(C(=O)c3ccc(Br)o3)CC2)c1. The van der Waals surface area contributed by atoms with E-state index in [0.29, 0.717) is 47.9 Å². The molecule has 2 amide bonds. The Morgan fingerprint density at radius 2 is 1.71 bits per heavy atom. The number of amides is 2. The summed E-state index contributed by atoms with van der Waals surface area (Å²) in [5.74, 6) is 0.739. The minimum Gasteiger partial charge on any atom is -0.497 e. The highest BCUT2D eigenvalue weighted by Crippen LogP contribution is 2.18. The first-order valence-electron chi connectivity index (χ1n) is 7.56. The highest BCUT2D eigenvalue weighted by Gasteiger charge is 2.27. The van der Waals surface area contributed by atoms with Crippen molar-refractivity contribution in [2.75, 3.05) is 33.3 Å². The lowest BCUT2D eigenvalue weighted by Crippen LogP contribution is -2.50. The Balaban J connectivity index is 1.62. The lowest BCUT2D eigenvalue weighted by molar-refractivity contribution is 0.0517. The van der Waals surface area contributed by atoms with Gasteiger partial charge in [-0.3, -0.25) is 9.59 Å². The van der Waals surface area contributed by atoms with Crippen LogP contribution >= 0.6 is 15.9 Å². The Kier molecular flexibility index (Phi) is 4.89. The Hall–Kier alpha value is -2.28. The number of carbonyl (C=O) groups excluding carboxylic acids is 2. The quantitative estimate of drug-likeness (QED) is 0.805. The number of furan rings is 1. The zero-order valence-corrected chi connectivity index (χ0v) is 14.8. The minimum absolute atomic E-state index is 0.0539. The fourth-order valence-corrected chi connectivity index (χ4v) is 2.94. The highest BCUT2D eigenvalue weighted by atomic mass is 79.9.